The van der Waals surface area contributed by atoms with Gasteiger partial charge in [-0.2, -0.15) is 0 Å². The van der Waals surface area contributed by atoms with Crippen LogP contribution in [0.5, 0.6) is 0 Å². The normalized spacial score (nSPS) is 30.3. The minimum Gasteiger partial charge on any atom is -0.377 e. The van der Waals surface area contributed by atoms with Crippen LogP contribution >= 0.6 is 24.0 Å². The van der Waals surface area contributed by atoms with Crippen molar-refractivity contribution < 1.29 is 4.74 Å². The van der Waals surface area contributed by atoms with Gasteiger partial charge in [0, 0.05) is 23.6 Å². The van der Waals surface area contributed by atoms with Crippen molar-refractivity contribution in [1.82, 2.24) is 0 Å². The van der Waals surface area contributed by atoms with Gasteiger partial charge in [-0.3, -0.25) is 0 Å². The first-order chi connectivity index (χ1) is 11.6. The Labute approximate surface area is 168 Å². The fourth-order valence-electron chi connectivity index (χ4n) is 4.98. The van der Waals surface area contributed by atoms with Gasteiger partial charge in [0.25, 0.3) is 0 Å². The van der Waals surface area contributed by atoms with E-state index in [-0.39, 0.29) is 35.4 Å². The fraction of sp³-hybridized carbons (Fsp3) is 0.650. The van der Waals surface area contributed by atoms with E-state index in [1.807, 2.05) is 0 Å². The van der Waals surface area contributed by atoms with Crippen molar-refractivity contribution in [2.75, 3.05) is 11.9 Å². The Hall–Kier alpha value is -0.820. The smallest absolute Gasteiger partial charge is 0.193 e. The summed E-state index contributed by atoms with van der Waals surface area (Å²) in [5.41, 5.74) is 10.4. The molecule has 1 saturated heterocycles. The van der Waals surface area contributed by atoms with E-state index in [0.29, 0.717) is 18.0 Å². The lowest BCUT2D eigenvalue weighted by Gasteiger charge is -2.58. The van der Waals surface area contributed by atoms with Crippen LogP contribution in [0.3, 0.4) is 0 Å². The molecule has 1 heterocycles. The van der Waals surface area contributed by atoms with Crippen LogP contribution < -0.4 is 11.1 Å². The summed E-state index contributed by atoms with van der Waals surface area (Å²) < 4.78 is 5.97. The Bertz CT molecular complexity index is 658. The predicted molar refractivity (Wildman–Crippen MR) is 114 cm³/mol. The Morgan fingerprint density at radius 2 is 2.04 bits per heavy atom. The third-order valence-electron chi connectivity index (χ3n) is 6.21. The minimum absolute atomic E-state index is 0. The number of nitrogens with one attached hydrogen (secondary N) is 1. The van der Waals surface area contributed by atoms with Gasteiger partial charge in [-0.15, -0.1) is 24.0 Å². The molecule has 1 aromatic rings. The first-order valence-electron chi connectivity index (χ1n) is 9.40. The highest BCUT2D eigenvalue weighted by Crippen LogP contribution is 2.53. The standard InChI is InChI=1S/C20H29N3O.HI/c1-20(2)17(15-10-6-12-24-18(15)20)23-19(21)22-16-11-5-8-13-7-3-4-9-14(13)16;/h5,8,11,15,17-18H,3-4,6-7,9-10,12H2,1-2H3,(H3,21,22,23);1H. The minimum atomic E-state index is 0. The van der Waals surface area contributed by atoms with E-state index in [1.54, 1.807) is 0 Å². The topological polar surface area (TPSA) is 59.6 Å². The van der Waals surface area contributed by atoms with Crippen molar-refractivity contribution in [1.29, 1.82) is 0 Å². The molecule has 1 saturated carbocycles. The Morgan fingerprint density at radius 3 is 2.88 bits per heavy atom. The molecule has 25 heavy (non-hydrogen) atoms. The van der Waals surface area contributed by atoms with Gasteiger partial charge < -0.3 is 15.8 Å². The molecule has 4 rings (SSSR count). The second kappa shape index (κ2) is 7.43. The quantitative estimate of drug-likeness (QED) is 0.401. The highest BCUT2D eigenvalue weighted by molar-refractivity contribution is 14.0. The summed E-state index contributed by atoms with van der Waals surface area (Å²) in [6, 6.07) is 6.75. The average Bonchev–Trinajstić information content (AvgIpc) is 2.60. The van der Waals surface area contributed by atoms with Crippen LogP contribution in [-0.4, -0.2) is 24.7 Å². The van der Waals surface area contributed by atoms with Crippen molar-refractivity contribution in [3.8, 4) is 0 Å². The van der Waals surface area contributed by atoms with E-state index in [0.717, 1.165) is 25.1 Å². The number of fused-ring (bicyclic) bond motifs is 2. The maximum Gasteiger partial charge on any atom is 0.193 e. The number of hydrogen-bond acceptors (Lipinski definition) is 2. The van der Waals surface area contributed by atoms with Crippen LogP contribution in [0.15, 0.2) is 23.2 Å². The van der Waals surface area contributed by atoms with Crippen LogP contribution in [0.4, 0.5) is 5.69 Å². The van der Waals surface area contributed by atoms with Crippen molar-refractivity contribution in [3.63, 3.8) is 0 Å². The summed E-state index contributed by atoms with van der Waals surface area (Å²) >= 11 is 0. The highest BCUT2D eigenvalue weighted by atomic mass is 127. The summed E-state index contributed by atoms with van der Waals surface area (Å²) in [7, 11) is 0. The summed E-state index contributed by atoms with van der Waals surface area (Å²) in [5.74, 6) is 1.08. The predicted octanol–water partition coefficient (Wildman–Crippen LogP) is 4.11. The number of ether oxygens (including phenoxy) is 1. The van der Waals surface area contributed by atoms with Gasteiger partial charge in [-0.25, -0.2) is 4.99 Å². The van der Waals surface area contributed by atoms with Crippen LogP contribution in [0, 0.1) is 11.3 Å². The number of rotatable bonds is 2. The molecule has 3 atom stereocenters. The van der Waals surface area contributed by atoms with E-state index in [9.17, 15) is 0 Å². The number of guanidine groups is 1. The molecule has 0 bridgehead atoms. The molecular weight excluding hydrogens is 425 g/mol. The van der Waals surface area contributed by atoms with E-state index in [1.165, 1.54) is 36.8 Å². The molecule has 2 aliphatic carbocycles. The molecular formula is C20H30IN3O. The Kier molecular flexibility index (Phi) is 5.63. The first-order valence-corrected chi connectivity index (χ1v) is 9.40. The number of hydrogen-bond donors (Lipinski definition) is 2. The largest absolute Gasteiger partial charge is 0.377 e. The molecule has 138 valence electrons. The molecule has 0 amide bonds. The molecule has 2 fully saturated rings. The molecule has 1 aromatic carbocycles. The van der Waals surface area contributed by atoms with Gasteiger partial charge in [0.1, 0.15) is 0 Å². The van der Waals surface area contributed by atoms with Gasteiger partial charge in [0.2, 0.25) is 0 Å². The maximum atomic E-state index is 6.29. The molecule has 3 aliphatic rings. The molecule has 3 N–H and O–H groups in total. The molecule has 0 spiro atoms. The molecule has 3 unspecified atom stereocenters. The molecule has 0 aromatic heterocycles. The number of anilines is 1. The number of aryl methyl sites for hydroxylation is 1. The van der Waals surface area contributed by atoms with Crippen LogP contribution in [-0.2, 0) is 17.6 Å². The van der Waals surface area contributed by atoms with Crippen molar-refractivity contribution in [2.24, 2.45) is 22.1 Å². The van der Waals surface area contributed by atoms with E-state index in [2.05, 4.69) is 37.4 Å². The average molecular weight is 455 g/mol. The van der Waals surface area contributed by atoms with Crippen molar-refractivity contribution in [3.05, 3.63) is 29.3 Å². The number of halogens is 1. The second-order valence-corrected chi connectivity index (χ2v) is 8.15. The van der Waals surface area contributed by atoms with E-state index >= 15 is 0 Å². The number of nitrogens with zero attached hydrogens (tertiary/aromatic N) is 1. The monoisotopic (exact) mass is 455 g/mol. The SMILES string of the molecule is CC1(C)C(N=C(N)Nc2cccc3c2CCCC3)C2CCCOC21.I. The number of aliphatic imine (C=N–C) groups is 1. The van der Waals surface area contributed by atoms with Crippen LogP contribution in [0.2, 0.25) is 0 Å². The van der Waals surface area contributed by atoms with Gasteiger partial charge in [0.15, 0.2) is 5.96 Å². The Morgan fingerprint density at radius 1 is 1.24 bits per heavy atom. The number of nitrogens with two attached hydrogens (primary N) is 1. The number of benzene rings is 1. The summed E-state index contributed by atoms with van der Waals surface area (Å²) in [6.45, 7) is 5.40. The lowest BCUT2D eigenvalue weighted by atomic mass is 9.55. The van der Waals surface area contributed by atoms with Gasteiger partial charge in [-0.1, -0.05) is 26.0 Å². The van der Waals surface area contributed by atoms with Gasteiger partial charge >= 0.3 is 0 Å². The lowest BCUT2D eigenvalue weighted by molar-refractivity contribution is -0.182. The third kappa shape index (κ3) is 3.42. The zero-order valence-corrected chi connectivity index (χ0v) is 17.6. The zero-order valence-electron chi connectivity index (χ0n) is 15.3. The van der Waals surface area contributed by atoms with Gasteiger partial charge in [-0.05, 0) is 55.7 Å². The summed E-state index contributed by atoms with van der Waals surface area (Å²) in [6.07, 6.45) is 7.56. The van der Waals surface area contributed by atoms with Crippen LogP contribution in [0.1, 0.15) is 50.7 Å². The molecule has 5 heteroatoms. The lowest BCUT2D eigenvalue weighted by Crippen LogP contribution is -2.64. The molecule has 0 radical (unpaired) electrons. The fourth-order valence-corrected chi connectivity index (χ4v) is 4.98. The van der Waals surface area contributed by atoms with Gasteiger partial charge in [0.05, 0.1) is 12.1 Å². The van der Waals surface area contributed by atoms with Crippen LogP contribution in [0.25, 0.3) is 0 Å². The van der Waals surface area contributed by atoms with E-state index in [4.69, 9.17) is 15.5 Å². The van der Waals surface area contributed by atoms with Crippen molar-refractivity contribution >= 4 is 35.6 Å². The summed E-state index contributed by atoms with van der Waals surface area (Å²) in [4.78, 5) is 4.87. The zero-order chi connectivity index (χ0) is 16.7. The highest BCUT2D eigenvalue weighted by Gasteiger charge is 2.58. The maximum absolute atomic E-state index is 6.29. The first kappa shape index (κ1) is 19.0. The molecule has 1 aliphatic heterocycles. The van der Waals surface area contributed by atoms with Crippen molar-refractivity contribution in [2.45, 2.75) is 64.5 Å². The third-order valence-corrected chi connectivity index (χ3v) is 6.21. The van der Waals surface area contributed by atoms with E-state index < -0.39 is 0 Å². The molecule has 4 nitrogen and oxygen atoms in total. The second-order valence-electron chi connectivity index (χ2n) is 8.15. The Balaban J connectivity index is 0.00000182. The summed E-state index contributed by atoms with van der Waals surface area (Å²) in [5, 5.41) is 3.39.